The van der Waals surface area contributed by atoms with Crippen LogP contribution in [0.2, 0.25) is 0 Å². The fraction of sp³-hybridized carbons (Fsp3) is 0.583. The van der Waals surface area contributed by atoms with E-state index in [-0.39, 0.29) is 5.54 Å². The average Bonchev–Trinajstić information content (AvgIpc) is 2.38. The van der Waals surface area contributed by atoms with E-state index in [0.717, 1.165) is 12.8 Å². The summed E-state index contributed by atoms with van der Waals surface area (Å²) in [6, 6.07) is 2.02. The van der Waals surface area contributed by atoms with Gasteiger partial charge in [0, 0.05) is 24.5 Å². The molecule has 1 heterocycles. The Labute approximate surface area is 101 Å². The number of nitrogens with two attached hydrogens (primary N) is 1. The number of nitrogens with one attached hydrogen (secondary N) is 1. The molecule has 1 aliphatic carbocycles. The van der Waals surface area contributed by atoms with Crippen LogP contribution in [0, 0.1) is 11.3 Å². The van der Waals surface area contributed by atoms with Crippen LogP contribution in [0.3, 0.4) is 0 Å². The van der Waals surface area contributed by atoms with Crippen LogP contribution in [0.1, 0.15) is 37.8 Å². The van der Waals surface area contributed by atoms with Crippen LogP contribution in [0.15, 0.2) is 12.4 Å². The third-order valence-electron chi connectivity index (χ3n) is 3.26. The van der Waals surface area contributed by atoms with Gasteiger partial charge in [-0.3, -0.25) is 0 Å². The molecule has 2 rings (SSSR count). The van der Waals surface area contributed by atoms with Gasteiger partial charge in [0.25, 0.3) is 0 Å². The van der Waals surface area contributed by atoms with Gasteiger partial charge >= 0.3 is 0 Å². The minimum atomic E-state index is -0.164. The fourth-order valence-corrected chi connectivity index (χ4v) is 2.24. The minimum absolute atomic E-state index is 0.164. The molecule has 0 aromatic carbocycles. The van der Waals surface area contributed by atoms with Gasteiger partial charge in [-0.1, -0.05) is 19.3 Å². The summed E-state index contributed by atoms with van der Waals surface area (Å²) in [5.74, 6) is 0.533. The van der Waals surface area contributed by atoms with Gasteiger partial charge in [-0.15, -0.1) is 0 Å². The Bertz CT molecular complexity index is 417. The monoisotopic (exact) mass is 231 g/mol. The molecule has 0 amide bonds. The molecule has 3 N–H and O–H groups in total. The molecule has 0 aliphatic heterocycles. The Balaban J connectivity index is 2.00. The first kappa shape index (κ1) is 11.8. The van der Waals surface area contributed by atoms with Crippen molar-refractivity contribution in [2.45, 2.75) is 37.6 Å². The zero-order valence-electron chi connectivity index (χ0n) is 9.82. The fourth-order valence-electron chi connectivity index (χ4n) is 2.24. The van der Waals surface area contributed by atoms with Crippen molar-refractivity contribution in [1.29, 1.82) is 5.26 Å². The first-order valence-electron chi connectivity index (χ1n) is 5.97. The van der Waals surface area contributed by atoms with Gasteiger partial charge < -0.3 is 11.1 Å². The van der Waals surface area contributed by atoms with Gasteiger partial charge in [-0.2, -0.15) is 5.26 Å². The van der Waals surface area contributed by atoms with Crippen molar-refractivity contribution in [3.8, 4) is 6.07 Å². The second kappa shape index (κ2) is 5.11. The third kappa shape index (κ3) is 2.92. The van der Waals surface area contributed by atoms with E-state index in [1.54, 1.807) is 6.20 Å². The van der Waals surface area contributed by atoms with Gasteiger partial charge in [0.15, 0.2) is 11.5 Å². The molecule has 1 saturated carbocycles. The highest BCUT2D eigenvalue weighted by Crippen LogP contribution is 2.26. The van der Waals surface area contributed by atoms with Crippen LogP contribution >= 0.6 is 0 Å². The molecule has 1 fully saturated rings. The van der Waals surface area contributed by atoms with Crippen molar-refractivity contribution in [3.63, 3.8) is 0 Å². The molecule has 0 unspecified atom stereocenters. The molecule has 5 nitrogen and oxygen atoms in total. The lowest BCUT2D eigenvalue weighted by atomic mass is 9.82. The smallest absolute Gasteiger partial charge is 0.182 e. The first-order valence-corrected chi connectivity index (χ1v) is 5.97. The van der Waals surface area contributed by atoms with Gasteiger partial charge in [-0.05, 0) is 12.8 Å². The molecule has 1 aliphatic rings. The number of rotatable bonds is 3. The molecular weight excluding hydrogens is 214 g/mol. The normalized spacial score (nSPS) is 18.4. The van der Waals surface area contributed by atoms with Crippen LogP contribution < -0.4 is 11.1 Å². The number of nitrogens with zero attached hydrogens (tertiary/aromatic N) is 3. The van der Waals surface area contributed by atoms with E-state index in [2.05, 4.69) is 15.3 Å². The Morgan fingerprint density at radius 2 is 2.00 bits per heavy atom. The van der Waals surface area contributed by atoms with E-state index < -0.39 is 0 Å². The molecule has 1 aromatic heterocycles. The lowest BCUT2D eigenvalue weighted by Gasteiger charge is -2.33. The van der Waals surface area contributed by atoms with E-state index >= 15 is 0 Å². The predicted octanol–water partition coefficient (Wildman–Crippen LogP) is 1.42. The molecule has 0 spiro atoms. The molecule has 0 radical (unpaired) electrons. The van der Waals surface area contributed by atoms with Crippen LogP contribution in [-0.4, -0.2) is 22.1 Å². The van der Waals surface area contributed by atoms with Gasteiger partial charge in [0.2, 0.25) is 0 Å². The quantitative estimate of drug-likeness (QED) is 0.821. The van der Waals surface area contributed by atoms with E-state index in [1.165, 1.54) is 25.5 Å². The Kier molecular flexibility index (Phi) is 3.55. The highest BCUT2D eigenvalue weighted by Gasteiger charge is 2.27. The van der Waals surface area contributed by atoms with Crippen LogP contribution in [0.5, 0.6) is 0 Å². The molecule has 0 atom stereocenters. The van der Waals surface area contributed by atoms with Crippen molar-refractivity contribution >= 4 is 5.82 Å². The molecule has 1 aromatic rings. The van der Waals surface area contributed by atoms with E-state index in [4.69, 9.17) is 11.0 Å². The Hall–Kier alpha value is -1.67. The first-order chi connectivity index (χ1) is 8.23. The highest BCUT2D eigenvalue weighted by atomic mass is 15.0. The summed E-state index contributed by atoms with van der Waals surface area (Å²) in [6.45, 7) is 0.653. The zero-order chi connectivity index (χ0) is 12.1. The summed E-state index contributed by atoms with van der Waals surface area (Å²) in [7, 11) is 0. The number of hydrogen-bond donors (Lipinski definition) is 2. The second-order valence-corrected chi connectivity index (χ2v) is 4.64. The van der Waals surface area contributed by atoms with Crippen LogP contribution in [-0.2, 0) is 0 Å². The maximum absolute atomic E-state index is 8.90. The molecule has 5 heteroatoms. The third-order valence-corrected chi connectivity index (χ3v) is 3.26. The molecule has 90 valence electrons. The molecule has 0 bridgehead atoms. The van der Waals surface area contributed by atoms with Crippen LogP contribution in [0.25, 0.3) is 0 Å². The number of nitriles is 1. The summed E-state index contributed by atoms with van der Waals surface area (Å²) < 4.78 is 0. The number of aromatic nitrogens is 2. The topological polar surface area (TPSA) is 87.6 Å². The summed E-state index contributed by atoms with van der Waals surface area (Å²) in [5.41, 5.74) is 6.47. The Morgan fingerprint density at radius 1 is 1.29 bits per heavy atom. The summed E-state index contributed by atoms with van der Waals surface area (Å²) >= 11 is 0. The number of anilines is 1. The SMILES string of the molecule is N#Cc1nccnc1NCC1(N)CCCCC1. The van der Waals surface area contributed by atoms with Crippen molar-refractivity contribution in [3.05, 3.63) is 18.1 Å². The van der Waals surface area contributed by atoms with Crippen molar-refractivity contribution in [2.75, 3.05) is 11.9 Å². The molecular formula is C12H17N5. The lowest BCUT2D eigenvalue weighted by molar-refractivity contribution is 0.311. The predicted molar refractivity (Wildman–Crippen MR) is 65.2 cm³/mol. The van der Waals surface area contributed by atoms with E-state index in [1.807, 2.05) is 6.07 Å². The molecule has 0 saturated heterocycles. The van der Waals surface area contributed by atoms with E-state index in [0.29, 0.717) is 18.1 Å². The average molecular weight is 231 g/mol. The van der Waals surface area contributed by atoms with E-state index in [9.17, 15) is 0 Å². The minimum Gasteiger partial charge on any atom is -0.366 e. The second-order valence-electron chi connectivity index (χ2n) is 4.64. The van der Waals surface area contributed by atoms with Crippen molar-refractivity contribution in [1.82, 2.24) is 9.97 Å². The van der Waals surface area contributed by atoms with Gasteiger partial charge in [0.05, 0.1) is 0 Å². The highest BCUT2D eigenvalue weighted by molar-refractivity contribution is 5.46. The summed E-state index contributed by atoms with van der Waals surface area (Å²) in [6.07, 6.45) is 8.79. The lowest BCUT2D eigenvalue weighted by Crippen LogP contribution is -2.47. The van der Waals surface area contributed by atoms with Gasteiger partial charge in [-0.25, -0.2) is 9.97 Å². The maximum atomic E-state index is 8.90. The maximum Gasteiger partial charge on any atom is 0.182 e. The van der Waals surface area contributed by atoms with Gasteiger partial charge in [0.1, 0.15) is 6.07 Å². The molecule has 17 heavy (non-hydrogen) atoms. The summed E-state index contributed by atoms with van der Waals surface area (Å²) in [4.78, 5) is 8.07. The van der Waals surface area contributed by atoms with Crippen LogP contribution in [0.4, 0.5) is 5.82 Å². The standard InChI is InChI=1S/C12H17N5/c13-8-10-11(16-7-6-15-10)17-9-12(14)4-2-1-3-5-12/h6-7H,1-5,9,14H2,(H,16,17). The number of hydrogen-bond acceptors (Lipinski definition) is 5. The summed E-state index contributed by atoms with van der Waals surface area (Å²) in [5, 5.41) is 12.0. The zero-order valence-corrected chi connectivity index (χ0v) is 9.82. The van der Waals surface area contributed by atoms with Crippen molar-refractivity contribution < 1.29 is 0 Å². The largest absolute Gasteiger partial charge is 0.366 e. The Morgan fingerprint density at radius 3 is 2.71 bits per heavy atom. The van der Waals surface area contributed by atoms with Crippen molar-refractivity contribution in [2.24, 2.45) is 5.73 Å².